The van der Waals surface area contributed by atoms with Crippen LogP contribution in [0.15, 0.2) is 48.5 Å². The molecular weight excluding hydrogens is 297 g/mol. The van der Waals surface area contributed by atoms with Gasteiger partial charge in [-0.3, -0.25) is 4.79 Å². The Kier molecular flexibility index (Phi) is 5.46. The third kappa shape index (κ3) is 4.39. The summed E-state index contributed by atoms with van der Waals surface area (Å²) in [6, 6.07) is 12.9. The molecule has 0 bridgehead atoms. The van der Waals surface area contributed by atoms with Gasteiger partial charge in [0.15, 0.2) is 6.10 Å². The molecule has 0 fully saturated rings. The molecule has 4 nitrogen and oxygen atoms in total. The van der Waals surface area contributed by atoms with E-state index in [1.165, 1.54) is 25.1 Å². The van der Waals surface area contributed by atoms with Gasteiger partial charge < -0.3 is 10.1 Å². The van der Waals surface area contributed by atoms with Gasteiger partial charge in [-0.25, -0.2) is 9.18 Å². The highest BCUT2D eigenvalue weighted by Gasteiger charge is 2.20. The lowest BCUT2D eigenvalue weighted by atomic mass is 10.1. The summed E-state index contributed by atoms with van der Waals surface area (Å²) in [7, 11) is 0. The fraction of sp³-hybridized carbons (Fsp3) is 0.222. The van der Waals surface area contributed by atoms with Crippen molar-refractivity contribution < 1.29 is 18.7 Å². The van der Waals surface area contributed by atoms with Crippen LogP contribution in [0.4, 0.5) is 10.1 Å². The number of ether oxygens (including phenoxy) is 1. The van der Waals surface area contributed by atoms with E-state index < -0.39 is 23.8 Å². The molecule has 2 aromatic rings. The maximum absolute atomic E-state index is 13.5. The largest absolute Gasteiger partial charge is 0.449 e. The molecule has 2 rings (SSSR count). The summed E-state index contributed by atoms with van der Waals surface area (Å²) in [4.78, 5) is 23.9. The van der Waals surface area contributed by atoms with E-state index in [9.17, 15) is 14.0 Å². The van der Waals surface area contributed by atoms with Crippen LogP contribution >= 0.6 is 0 Å². The zero-order valence-electron chi connectivity index (χ0n) is 13.0. The second-order valence-electron chi connectivity index (χ2n) is 5.07. The summed E-state index contributed by atoms with van der Waals surface area (Å²) in [6.07, 6.45) is -0.127. The maximum Gasteiger partial charge on any atom is 0.341 e. The molecule has 0 saturated carbocycles. The Morgan fingerprint density at radius 2 is 1.78 bits per heavy atom. The number of esters is 1. The molecule has 0 aliphatic heterocycles. The van der Waals surface area contributed by atoms with Gasteiger partial charge in [0.25, 0.3) is 5.91 Å². The predicted octanol–water partition coefficient (Wildman–Crippen LogP) is 3.57. The second-order valence-corrected chi connectivity index (χ2v) is 5.07. The molecule has 0 unspecified atom stereocenters. The summed E-state index contributed by atoms with van der Waals surface area (Å²) in [5.41, 5.74) is 1.57. The van der Waals surface area contributed by atoms with Crippen LogP contribution in [0.2, 0.25) is 0 Å². The first-order chi connectivity index (χ1) is 11.0. The van der Waals surface area contributed by atoms with E-state index in [0.717, 1.165) is 18.1 Å². The molecule has 1 amide bonds. The Morgan fingerprint density at radius 1 is 1.13 bits per heavy atom. The molecule has 2 aromatic carbocycles. The van der Waals surface area contributed by atoms with Gasteiger partial charge in [0, 0.05) is 5.69 Å². The summed E-state index contributed by atoms with van der Waals surface area (Å²) < 4.78 is 18.5. The monoisotopic (exact) mass is 315 g/mol. The highest BCUT2D eigenvalue weighted by atomic mass is 19.1. The second kappa shape index (κ2) is 7.54. The van der Waals surface area contributed by atoms with Gasteiger partial charge in [0.1, 0.15) is 5.82 Å². The minimum absolute atomic E-state index is 0.195. The number of nitrogens with one attached hydrogen (secondary N) is 1. The normalized spacial score (nSPS) is 11.6. The van der Waals surface area contributed by atoms with Crippen LogP contribution in [-0.4, -0.2) is 18.0 Å². The van der Waals surface area contributed by atoms with Crippen LogP contribution in [0.5, 0.6) is 0 Å². The zero-order chi connectivity index (χ0) is 16.8. The molecule has 120 valence electrons. The third-order valence-electron chi connectivity index (χ3n) is 3.38. The Labute approximate surface area is 134 Å². The quantitative estimate of drug-likeness (QED) is 0.858. The Hall–Kier alpha value is -2.69. The number of aryl methyl sites for hydroxylation is 1. The molecule has 1 N–H and O–H groups in total. The fourth-order valence-electron chi connectivity index (χ4n) is 1.97. The van der Waals surface area contributed by atoms with Gasteiger partial charge in [-0.1, -0.05) is 31.2 Å². The van der Waals surface area contributed by atoms with Crippen LogP contribution in [0, 0.1) is 5.82 Å². The summed E-state index contributed by atoms with van der Waals surface area (Å²) in [5.74, 6) is -2.02. The lowest BCUT2D eigenvalue weighted by Crippen LogP contribution is -2.30. The van der Waals surface area contributed by atoms with Crippen LogP contribution in [-0.2, 0) is 16.0 Å². The molecule has 0 saturated heterocycles. The average Bonchev–Trinajstić information content (AvgIpc) is 2.55. The standard InChI is InChI=1S/C18H18FNO3/c1-3-13-8-10-14(11-9-13)20-17(21)12(2)23-18(22)15-6-4-5-7-16(15)19/h4-12H,3H2,1-2H3,(H,20,21)/t12-/m1/s1. The smallest absolute Gasteiger partial charge is 0.341 e. The first-order valence-electron chi connectivity index (χ1n) is 7.36. The van der Waals surface area contributed by atoms with Crippen LogP contribution < -0.4 is 5.32 Å². The van der Waals surface area contributed by atoms with Gasteiger partial charge in [0.05, 0.1) is 5.56 Å². The molecule has 1 atom stereocenters. The van der Waals surface area contributed by atoms with E-state index in [4.69, 9.17) is 4.74 Å². The van der Waals surface area contributed by atoms with Crippen molar-refractivity contribution >= 4 is 17.6 Å². The molecule has 0 heterocycles. The van der Waals surface area contributed by atoms with Crippen molar-refractivity contribution in [2.24, 2.45) is 0 Å². The summed E-state index contributed by atoms with van der Waals surface area (Å²) in [6.45, 7) is 3.48. The third-order valence-corrected chi connectivity index (χ3v) is 3.38. The lowest BCUT2D eigenvalue weighted by Gasteiger charge is -2.14. The number of carbonyl (C=O) groups excluding carboxylic acids is 2. The number of halogens is 1. The van der Waals surface area contributed by atoms with Gasteiger partial charge in [-0.15, -0.1) is 0 Å². The van der Waals surface area contributed by atoms with Crippen molar-refractivity contribution in [3.05, 3.63) is 65.5 Å². The van der Waals surface area contributed by atoms with Crippen LogP contribution in [0.1, 0.15) is 29.8 Å². The molecule has 0 aliphatic rings. The van der Waals surface area contributed by atoms with E-state index in [-0.39, 0.29) is 5.56 Å². The van der Waals surface area contributed by atoms with E-state index in [1.807, 2.05) is 19.1 Å². The zero-order valence-corrected chi connectivity index (χ0v) is 13.0. The summed E-state index contributed by atoms with van der Waals surface area (Å²) >= 11 is 0. The van der Waals surface area contributed by atoms with Crippen LogP contribution in [0.3, 0.4) is 0 Å². The number of hydrogen-bond donors (Lipinski definition) is 1. The average molecular weight is 315 g/mol. The van der Waals surface area contributed by atoms with E-state index in [2.05, 4.69) is 5.32 Å². The lowest BCUT2D eigenvalue weighted by molar-refractivity contribution is -0.123. The first kappa shape index (κ1) is 16.7. The molecule has 5 heteroatoms. The molecule has 0 spiro atoms. The van der Waals surface area contributed by atoms with Gasteiger partial charge in [-0.05, 0) is 43.2 Å². The van der Waals surface area contributed by atoms with E-state index in [0.29, 0.717) is 5.69 Å². The Bertz CT molecular complexity index is 698. The van der Waals surface area contributed by atoms with Crippen molar-refractivity contribution in [1.82, 2.24) is 0 Å². The number of benzene rings is 2. The number of anilines is 1. The highest BCUT2D eigenvalue weighted by molar-refractivity contribution is 5.97. The van der Waals surface area contributed by atoms with Crippen molar-refractivity contribution in [2.45, 2.75) is 26.4 Å². The van der Waals surface area contributed by atoms with Crippen LogP contribution in [0.25, 0.3) is 0 Å². The number of carbonyl (C=O) groups is 2. The summed E-state index contributed by atoms with van der Waals surface area (Å²) in [5, 5.41) is 2.65. The number of hydrogen-bond acceptors (Lipinski definition) is 3. The van der Waals surface area contributed by atoms with Gasteiger partial charge in [0.2, 0.25) is 0 Å². The van der Waals surface area contributed by atoms with Crippen molar-refractivity contribution in [3.63, 3.8) is 0 Å². The van der Waals surface area contributed by atoms with Crippen molar-refractivity contribution in [1.29, 1.82) is 0 Å². The Morgan fingerprint density at radius 3 is 2.39 bits per heavy atom. The number of rotatable bonds is 5. The predicted molar refractivity (Wildman–Crippen MR) is 85.7 cm³/mol. The highest BCUT2D eigenvalue weighted by Crippen LogP contribution is 2.13. The number of amides is 1. The minimum atomic E-state index is -1.03. The van der Waals surface area contributed by atoms with E-state index in [1.54, 1.807) is 12.1 Å². The van der Waals surface area contributed by atoms with Crippen molar-refractivity contribution in [3.8, 4) is 0 Å². The Balaban J connectivity index is 1.96. The van der Waals surface area contributed by atoms with Gasteiger partial charge in [-0.2, -0.15) is 0 Å². The molecular formula is C18H18FNO3. The van der Waals surface area contributed by atoms with Gasteiger partial charge >= 0.3 is 5.97 Å². The molecule has 0 aromatic heterocycles. The maximum atomic E-state index is 13.5. The first-order valence-corrected chi connectivity index (χ1v) is 7.36. The molecule has 0 radical (unpaired) electrons. The van der Waals surface area contributed by atoms with E-state index >= 15 is 0 Å². The fourth-order valence-corrected chi connectivity index (χ4v) is 1.97. The SMILES string of the molecule is CCc1ccc(NC(=O)[C@@H](C)OC(=O)c2ccccc2F)cc1. The van der Waals surface area contributed by atoms with Crippen molar-refractivity contribution in [2.75, 3.05) is 5.32 Å². The topological polar surface area (TPSA) is 55.4 Å². The molecule has 0 aliphatic carbocycles. The minimum Gasteiger partial charge on any atom is -0.449 e. The molecule has 23 heavy (non-hydrogen) atoms.